The third kappa shape index (κ3) is 224000. The molecule has 0 aromatic carbocycles. The third-order valence-corrected chi connectivity index (χ3v) is 0. The number of carboxylic acid groups (broad SMARTS) is 1. The molecular weight excluding hydrogens is 82.9 g/mol. The van der Waals surface area contributed by atoms with E-state index in [9.17, 15) is 0 Å². The summed E-state index contributed by atoms with van der Waals surface area (Å²) in [7, 11) is 0. The van der Waals surface area contributed by atoms with E-state index in [1.807, 2.05) is 0 Å². The minimum Gasteiger partial charge on any atom is -0.554 e. The summed E-state index contributed by atoms with van der Waals surface area (Å²) in [6.45, 7) is -0.500. The van der Waals surface area contributed by atoms with Crippen molar-refractivity contribution in [3.05, 3.63) is 0 Å². The number of hydrogen-bond acceptors (Lipinski definition) is 2. The van der Waals surface area contributed by atoms with E-state index in [4.69, 9.17) is 9.90 Å². The molecule has 0 spiro atoms. The van der Waals surface area contributed by atoms with E-state index in [1.165, 1.54) is 0 Å². The fourth-order valence-electron chi connectivity index (χ4n) is 0. The summed E-state index contributed by atoms with van der Waals surface area (Å²) in [6, 6.07) is 0. The first-order valence-electron chi connectivity index (χ1n) is 0.471. The fraction of sp³-hybridized carbons (Fsp3) is 0. The largest absolute Gasteiger partial charge is 1.00 e. The van der Waals surface area contributed by atoms with Crippen LogP contribution in [0.15, 0.2) is 0 Å². The molecule has 0 aromatic rings. The summed E-state index contributed by atoms with van der Waals surface area (Å²) in [6.07, 6.45) is 0. The van der Waals surface area contributed by atoms with Gasteiger partial charge in [-0.15, -0.1) is 0 Å². The Balaban J connectivity index is -0.00000000667. The predicted molar refractivity (Wildman–Crippen MR) is 13.3 cm³/mol. The van der Waals surface area contributed by atoms with Gasteiger partial charge >= 0.3 is 18.9 Å². The van der Waals surface area contributed by atoms with E-state index in [2.05, 4.69) is 0 Å². The number of rotatable bonds is 0. The van der Waals surface area contributed by atoms with Crippen LogP contribution in [0.4, 0.5) is 0 Å². The van der Waals surface area contributed by atoms with Gasteiger partial charge in [0.2, 0.25) is 0 Å². The molecule has 0 saturated heterocycles. The first-order valence-corrected chi connectivity index (χ1v) is 0.471. The normalized spacial score (nSPS) is 2.00. The van der Waals surface area contributed by atoms with Crippen molar-refractivity contribution in [3.8, 4) is 0 Å². The average molecular weight is 88.0 g/mol. The van der Waals surface area contributed by atoms with Crippen molar-refractivity contribution >= 4 is 6.47 Å². The molecule has 6 heavy (non-hydrogen) atoms. The molecule has 0 saturated carbocycles. The van der Waals surface area contributed by atoms with Gasteiger partial charge in [-0.3, -0.25) is 0 Å². The summed E-state index contributed by atoms with van der Waals surface area (Å²) in [5.41, 5.74) is 0. The number of carbonyl (C=O) groups excluding carboxylic acids is 1. The molecule has 4 nitrogen and oxygen atoms in total. The SMILES string of the molecule is O.O.O=C[O-].[Li+]. The minimum absolute atomic E-state index is 0. The van der Waals surface area contributed by atoms with Gasteiger partial charge in [0.05, 0.1) is 0 Å². The summed E-state index contributed by atoms with van der Waals surface area (Å²) in [4.78, 5) is 8.25. The van der Waals surface area contributed by atoms with E-state index >= 15 is 0 Å². The maximum absolute atomic E-state index is 8.25. The van der Waals surface area contributed by atoms with Gasteiger partial charge in [-0.25, -0.2) is 0 Å². The van der Waals surface area contributed by atoms with Crippen LogP contribution < -0.4 is 24.0 Å². The van der Waals surface area contributed by atoms with Crippen molar-refractivity contribution in [1.82, 2.24) is 0 Å². The third-order valence-electron chi connectivity index (χ3n) is 0. The molecule has 0 aliphatic carbocycles. The summed E-state index contributed by atoms with van der Waals surface area (Å²) < 4.78 is 0. The van der Waals surface area contributed by atoms with E-state index in [0.29, 0.717) is 0 Å². The Morgan fingerprint density at radius 2 is 1.33 bits per heavy atom. The van der Waals surface area contributed by atoms with E-state index < -0.39 is 6.47 Å². The number of carbonyl (C=O) groups is 1. The van der Waals surface area contributed by atoms with Crippen LogP contribution in [0.25, 0.3) is 0 Å². The van der Waals surface area contributed by atoms with E-state index in [-0.39, 0.29) is 29.8 Å². The summed E-state index contributed by atoms with van der Waals surface area (Å²) >= 11 is 0. The van der Waals surface area contributed by atoms with Crippen LogP contribution >= 0.6 is 0 Å². The Hall–Kier alpha value is -0.0126. The molecule has 0 aliphatic heterocycles. The van der Waals surface area contributed by atoms with Crippen molar-refractivity contribution in [2.45, 2.75) is 0 Å². The van der Waals surface area contributed by atoms with Crippen molar-refractivity contribution < 1.29 is 39.7 Å². The molecule has 34 valence electrons. The summed E-state index contributed by atoms with van der Waals surface area (Å²) in [5, 5.41) is 8.25. The molecule has 4 N–H and O–H groups in total. The molecule has 0 bridgehead atoms. The van der Waals surface area contributed by atoms with E-state index in [0.717, 1.165) is 0 Å². The second-order valence-corrected chi connectivity index (χ2v) is 0.0962. The van der Waals surface area contributed by atoms with Gasteiger partial charge in [-0.2, -0.15) is 0 Å². The van der Waals surface area contributed by atoms with Gasteiger partial charge in [-0.05, 0) is 0 Å². The standard InChI is InChI=1S/CH2O2.Li.2H2O/c2-1-3;;;/h1H,(H,2,3);;2*1H2/q;+1;;/p-1. The maximum atomic E-state index is 8.25. The van der Waals surface area contributed by atoms with Crippen LogP contribution in [0, 0.1) is 0 Å². The first-order chi connectivity index (χ1) is 1.41. The van der Waals surface area contributed by atoms with Crippen LogP contribution in [0.5, 0.6) is 0 Å². The smallest absolute Gasteiger partial charge is 0.554 e. The molecule has 0 unspecified atom stereocenters. The molecular formula is CH5LiO4. The Bertz CT molecular complexity index is 15.0. The van der Waals surface area contributed by atoms with Crippen LogP contribution in [-0.4, -0.2) is 17.4 Å². The molecule has 0 aromatic heterocycles. The van der Waals surface area contributed by atoms with E-state index in [1.54, 1.807) is 0 Å². The molecule has 0 heterocycles. The van der Waals surface area contributed by atoms with Crippen LogP contribution in [0.3, 0.4) is 0 Å². The monoisotopic (exact) mass is 88.0 g/mol. The molecule has 0 radical (unpaired) electrons. The zero-order valence-electron chi connectivity index (χ0n) is 3.39. The van der Waals surface area contributed by atoms with Gasteiger partial charge in [0.15, 0.2) is 0 Å². The molecule has 0 amide bonds. The van der Waals surface area contributed by atoms with Crippen molar-refractivity contribution in [3.63, 3.8) is 0 Å². The Kier molecular flexibility index (Phi) is 511. The van der Waals surface area contributed by atoms with Crippen molar-refractivity contribution in [2.75, 3.05) is 0 Å². The topological polar surface area (TPSA) is 103 Å². The Morgan fingerprint density at radius 3 is 1.33 bits per heavy atom. The van der Waals surface area contributed by atoms with Crippen molar-refractivity contribution in [1.29, 1.82) is 0 Å². The predicted octanol–water partition coefficient (Wildman–Crippen LogP) is -6.28. The second kappa shape index (κ2) is 81.3. The Labute approximate surface area is 47.0 Å². The molecule has 0 rings (SSSR count). The fourth-order valence-corrected chi connectivity index (χ4v) is 0. The van der Waals surface area contributed by atoms with Crippen LogP contribution in [0.2, 0.25) is 0 Å². The Morgan fingerprint density at radius 1 is 1.33 bits per heavy atom. The second-order valence-electron chi connectivity index (χ2n) is 0.0962. The zero-order chi connectivity index (χ0) is 2.71. The van der Waals surface area contributed by atoms with Gasteiger partial charge < -0.3 is 20.9 Å². The quantitative estimate of drug-likeness (QED) is 0.217. The van der Waals surface area contributed by atoms with Crippen LogP contribution in [-0.2, 0) is 4.79 Å². The summed E-state index contributed by atoms with van der Waals surface area (Å²) in [5.74, 6) is 0. The van der Waals surface area contributed by atoms with Crippen LogP contribution in [0.1, 0.15) is 0 Å². The first kappa shape index (κ1) is 37.7. The average Bonchev–Trinajstić information content (AvgIpc) is 0.918. The zero-order valence-corrected chi connectivity index (χ0v) is 3.39. The van der Waals surface area contributed by atoms with Gasteiger partial charge in [0.1, 0.15) is 0 Å². The van der Waals surface area contributed by atoms with Gasteiger partial charge in [-0.1, -0.05) is 0 Å². The minimum atomic E-state index is -0.500. The molecule has 0 aliphatic rings. The maximum Gasteiger partial charge on any atom is 1.00 e. The van der Waals surface area contributed by atoms with Crippen molar-refractivity contribution in [2.24, 2.45) is 0 Å². The van der Waals surface area contributed by atoms with Gasteiger partial charge in [0.25, 0.3) is 0 Å². The molecule has 5 heteroatoms. The molecule has 0 fully saturated rings. The number of hydrogen-bond donors (Lipinski definition) is 0. The van der Waals surface area contributed by atoms with Gasteiger partial charge in [0, 0.05) is 6.47 Å². The molecule has 0 atom stereocenters.